The summed E-state index contributed by atoms with van der Waals surface area (Å²) in [4.78, 5) is 28.9. The molecule has 8 nitrogen and oxygen atoms in total. The fourth-order valence-corrected chi connectivity index (χ4v) is 3.08. The van der Waals surface area contributed by atoms with Crippen LogP contribution in [0.4, 0.5) is 5.69 Å². The maximum Gasteiger partial charge on any atom is 0.277 e. The molecular weight excluding hydrogens is 348 g/mol. The van der Waals surface area contributed by atoms with Crippen LogP contribution in [0.5, 0.6) is 0 Å². The molecule has 1 saturated heterocycles. The van der Waals surface area contributed by atoms with E-state index in [9.17, 15) is 14.7 Å². The molecule has 1 aliphatic heterocycles. The summed E-state index contributed by atoms with van der Waals surface area (Å²) >= 11 is 0. The van der Waals surface area contributed by atoms with Crippen LogP contribution in [0, 0.1) is 0 Å². The van der Waals surface area contributed by atoms with Gasteiger partial charge in [-0.05, 0) is 39.1 Å². The molecule has 1 aromatic carbocycles. The van der Waals surface area contributed by atoms with Gasteiger partial charge in [-0.1, -0.05) is 17.3 Å². The number of nitrogens with zero attached hydrogens (tertiary/aromatic N) is 3. The molecule has 0 bridgehead atoms. The first-order valence-electron chi connectivity index (χ1n) is 8.92. The Hall–Kier alpha value is -2.71. The number of piperidine rings is 1. The molecule has 1 fully saturated rings. The van der Waals surface area contributed by atoms with Gasteiger partial charge in [0.2, 0.25) is 0 Å². The van der Waals surface area contributed by atoms with Crippen LogP contribution in [0.25, 0.3) is 0 Å². The van der Waals surface area contributed by atoms with Crippen LogP contribution in [-0.4, -0.2) is 65.2 Å². The monoisotopic (exact) mass is 372 g/mol. The second-order valence-electron chi connectivity index (χ2n) is 6.96. The van der Waals surface area contributed by atoms with E-state index >= 15 is 0 Å². The molecule has 1 atom stereocenters. The van der Waals surface area contributed by atoms with Crippen LogP contribution >= 0.6 is 0 Å². The topological polar surface area (TPSA) is 98.9 Å². The number of likely N-dealkylation sites (tertiary alicyclic amines) is 1. The third kappa shape index (κ3) is 4.72. The molecule has 3 rings (SSSR count). The number of amides is 2. The number of nitrogens with one attached hydrogen (secondary N) is 1. The number of para-hydroxylation sites is 1. The Kier molecular flexibility index (Phi) is 5.88. The summed E-state index contributed by atoms with van der Waals surface area (Å²) in [5.41, 5.74) is 0.948. The van der Waals surface area contributed by atoms with Crippen LogP contribution in [0.15, 0.2) is 34.9 Å². The van der Waals surface area contributed by atoms with Gasteiger partial charge in [0.05, 0.1) is 23.9 Å². The summed E-state index contributed by atoms with van der Waals surface area (Å²) in [6.45, 7) is 1.43. The first-order valence-corrected chi connectivity index (χ1v) is 8.92. The van der Waals surface area contributed by atoms with Crippen molar-refractivity contribution >= 4 is 17.5 Å². The van der Waals surface area contributed by atoms with Gasteiger partial charge in [0, 0.05) is 19.2 Å². The number of aliphatic hydroxyl groups is 1. The van der Waals surface area contributed by atoms with Gasteiger partial charge >= 0.3 is 0 Å². The minimum atomic E-state index is -0.505. The fourth-order valence-electron chi connectivity index (χ4n) is 3.08. The maximum atomic E-state index is 12.8. The van der Waals surface area contributed by atoms with Crippen molar-refractivity contribution in [3.63, 3.8) is 0 Å². The Bertz CT molecular complexity index is 818. The average Bonchev–Trinajstić information content (AvgIpc) is 3.09. The van der Waals surface area contributed by atoms with Crippen LogP contribution < -0.4 is 5.32 Å². The summed E-state index contributed by atoms with van der Waals surface area (Å²) in [7, 11) is 3.78. The lowest BCUT2D eigenvalue weighted by Gasteiger charge is -2.30. The molecule has 2 amide bonds. The Labute approximate surface area is 157 Å². The molecule has 1 aliphatic rings. The highest BCUT2D eigenvalue weighted by molar-refractivity contribution is 6.08. The number of β-amino-alcohol motifs (C(OH)–C–C–N with tert-alkyl or cyclic N) is 1. The number of hydrogen-bond donors (Lipinski definition) is 2. The van der Waals surface area contributed by atoms with Gasteiger partial charge in [0.15, 0.2) is 11.5 Å². The largest absolute Gasteiger partial charge is 0.391 e. The van der Waals surface area contributed by atoms with Crippen LogP contribution in [0.2, 0.25) is 0 Å². The molecule has 2 aromatic rings. The van der Waals surface area contributed by atoms with Crippen molar-refractivity contribution in [3.8, 4) is 0 Å². The van der Waals surface area contributed by atoms with E-state index in [2.05, 4.69) is 10.5 Å². The zero-order chi connectivity index (χ0) is 19.4. The van der Waals surface area contributed by atoms with Crippen molar-refractivity contribution in [1.82, 2.24) is 15.0 Å². The summed E-state index contributed by atoms with van der Waals surface area (Å²) in [5.74, 6) is -0.0717. The van der Waals surface area contributed by atoms with E-state index in [-0.39, 0.29) is 11.6 Å². The van der Waals surface area contributed by atoms with Crippen LogP contribution in [-0.2, 0) is 6.54 Å². The summed E-state index contributed by atoms with van der Waals surface area (Å²) in [6.07, 6.45) is 0.952. The normalized spacial score (nSPS) is 17.2. The summed E-state index contributed by atoms with van der Waals surface area (Å²) in [5, 5.41) is 16.4. The number of hydrogen-bond acceptors (Lipinski definition) is 6. The van der Waals surface area contributed by atoms with Crippen molar-refractivity contribution < 1.29 is 19.2 Å². The standard InChI is InChI=1S/C19H24N4O4/c1-22(2)12-14-10-17(21-27-14)18(25)20-16-8-4-3-7-15(16)19(26)23-9-5-6-13(24)11-23/h3-4,7-8,10,13,24H,5-6,9,11-12H2,1-2H3,(H,20,25). The third-order valence-corrected chi connectivity index (χ3v) is 4.35. The quantitative estimate of drug-likeness (QED) is 0.827. The van der Waals surface area contributed by atoms with E-state index in [4.69, 9.17) is 4.52 Å². The Morgan fingerprint density at radius 2 is 2.15 bits per heavy atom. The Balaban J connectivity index is 1.74. The smallest absolute Gasteiger partial charge is 0.277 e. The van der Waals surface area contributed by atoms with E-state index in [1.165, 1.54) is 0 Å². The van der Waals surface area contributed by atoms with E-state index in [0.29, 0.717) is 43.1 Å². The van der Waals surface area contributed by atoms with Crippen molar-refractivity contribution in [1.29, 1.82) is 0 Å². The maximum absolute atomic E-state index is 12.8. The summed E-state index contributed by atoms with van der Waals surface area (Å²) < 4.78 is 5.16. The zero-order valence-electron chi connectivity index (χ0n) is 15.5. The van der Waals surface area contributed by atoms with E-state index < -0.39 is 12.0 Å². The van der Waals surface area contributed by atoms with Gasteiger partial charge in [-0.2, -0.15) is 0 Å². The molecule has 1 aromatic heterocycles. The lowest BCUT2D eigenvalue weighted by atomic mass is 10.1. The van der Waals surface area contributed by atoms with Crippen molar-refractivity contribution in [2.75, 3.05) is 32.5 Å². The predicted molar refractivity (Wildman–Crippen MR) is 99.4 cm³/mol. The van der Waals surface area contributed by atoms with Gasteiger partial charge in [0.1, 0.15) is 0 Å². The number of rotatable bonds is 5. The van der Waals surface area contributed by atoms with E-state index in [1.54, 1.807) is 35.2 Å². The highest BCUT2D eigenvalue weighted by Gasteiger charge is 2.25. The second-order valence-corrected chi connectivity index (χ2v) is 6.96. The first kappa shape index (κ1) is 19.1. The Morgan fingerprint density at radius 1 is 1.37 bits per heavy atom. The molecule has 27 heavy (non-hydrogen) atoms. The highest BCUT2D eigenvalue weighted by Crippen LogP contribution is 2.21. The molecule has 0 saturated carbocycles. The van der Waals surface area contributed by atoms with Crippen LogP contribution in [0.1, 0.15) is 39.4 Å². The number of aliphatic hydroxyl groups excluding tert-OH is 1. The number of anilines is 1. The minimum absolute atomic E-state index is 0.155. The second kappa shape index (κ2) is 8.32. The number of aromatic nitrogens is 1. The first-order chi connectivity index (χ1) is 12.9. The van der Waals surface area contributed by atoms with Gasteiger partial charge in [0.25, 0.3) is 11.8 Å². The zero-order valence-corrected chi connectivity index (χ0v) is 15.5. The lowest BCUT2D eigenvalue weighted by molar-refractivity contribution is 0.0474. The van der Waals surface area contributed by atoms with Gasteiger partial charge in [-0.3, -0.25) is 9.59 Å². The molecule has 0 spiro atoms. The van der Waals surface area contributed by atoms with Crippen molar-refractivity contribution in [2.24, 2.45) is 0 Å². The van der Waals surface area contributed by atoms with Gasteiger partial charge < -0.3 is 24.7 Å². The molecule has 144 valence electrons. The van der Waals surface area contributed by atoms with E-state index in [1.807, 2.05) is 19.0 Å². The molecule has 1 unspecified atom stereocenters. The molecule has 0 aliphatic carbocycles. The van der Waals surface area contributed by atoms with E-state index in [0.717, 1.165) is 6.42 Å². The minimum Gasteiger partial charge on any atom is -0.391 e. The molecule has 0 radical (unpaired) electrons. The predicted octanol–water partition coefficient (Wildman–Crippen LogP) is 1.59. The molecule has 8 heteroatoms. The molecule has 2 N–H and O–H groups in total. The SMILES string of the molecule is CN(C)Cc1cc(C(=O)Nc2ccccc2C(=O)N2CCCC(O)C2)no1. The molecule has 2 heterocycles. The van der Waals surface area contributed by atoms with Crippen LogP contribution in [0.3, 0.4) is 0 Å². The van der Waals surface area contributed by atoms with Crippen molar-refractivity contribution in [2.45, 2.75) is 25.5 Å². The molecular formula is C19H24N4O4. The highest BCUT2D eigenvalue weighted by atomic mass is 16.5. The number of benzene rings is 1. The third-order valence-electron chi connectivity index (χ3n) is 4.35. The van der Waals surface area contributed by atoms with Gasteiger partial charge in [-0.25, -0.2) is 0 Å². The van der Waals surface area contributed by atoms with Gasteiger partial charge in [-0.15, -0.1) is 0 Å². The van der Waals surface area contributed by atoms with Crippen molar-refractivity contribution in [3.05, 3.63) is 47.3 Å². The fraction of sp³-hybridized carbons (Fsp3) is 0.421. The number of carbonyl (C=O) groups is 2. The summed E-state index contributed by atoms with van der Waals surface area (Å²) in [6, 6.07) is 8.42. The lowest BCUT2D eigenvalue weighted by Crippen LogP contribution is -2.42. The Morgan fingerprint density at radius 3 is 2.89 bits per heavy atom. The number of carbonyl (C=O) groups excluding carboxylic acids is 2. The average molecular weight is 372 g/mol.